The van der Waals surface area contributed by atoms with Crippen molar-refractivity contribution in [2.24, 2.45) is 0 Å². The predicted octanol–water partition coefficient (Wildman–Crippen LogP) is -5.88. The van der Waals surface area contributed by atoms with Crippen LogP contribution in [0.5, 0.6) is 0 Å². The summed E-state index contributed by atoms with van der Waals surface area (Å²) in [4.78, 5) is 21.8. The molecular weight excluding hydrogens is 416 g/mol. The Kier molecular flexibility index (Phi) is 8.51. The lowest BCUT2D eigenvalue weighted by Gasteiger charge is -2.00. The smallest absolute Gasteiger partial charge is 0.271 e. The third-order valence-electron chi connectivity index (χ3n) is 2.57. The van der Waals surface area contributed by atoms with Gasteiger partial charge in [-0.1, -0.05) is 9.35 Å². The Morgan fingerprint density at radius 2 is 1.00 bits per heavy atom. The summed E-state index contributed by atoms with van der Waals surface area (Å²) in [6.45, 7) is 2.91. The quantitative estimate of drug-likeness (QED) is 0.475. The van der Waals surface area contributed by atoms with Crippen molar-refractivity contribution < 1.29 is 52.9 Å². The SMILES string of the molecule is CC(=O)N[n+]1ccc(-c2cc[n+](NC(C)=O)cc2)cc1.[Br-].[Br-]. The summed E-state index contributed by atoms with van der Waals surface area (Å²) in [5, 5.41) is 0. The van der Waals surface area contributed by atoms with Crippen molar-refractivity contribution in [3.8, 4) is 11.1 Å². The molecule has 0 aliphatic heterocycles. The van der Waals surface area contributed by atoms with Crippen LogP contribution in [-0.2, 0) is 9.59 Å². The number of halogens is 2. The van der Waals surface area contributed by atoms with Crippen molar-refractivity contribution in [1.29, 1.82) is 0 Å². The first kappa shape index (κ1) is 20.2. The largest absolute Gasteiger partial charge is 1.00 e. The minimum Gasteiger partial charge on any atom is -1.00 e. The Balaban J connectivity index is 0.00000220. The number of pyridine rings is 2. The van der Waals surface area contributed by atoms with Crippen LogP contribution in [0.15, 0.2) is 49.1 Å². The second-order valence-electron chi connectivity index (χ2n) is 4.32. The van der Waals surface area contributed by atoms with Gasteiger partial charge in [0.1, 0.15) is 0 Å². The lowest BCUT2D eigenvalue weighted by Crippen LogP contribution is -3.00. The van der Waals surface area contributed by atoms with Crippen LogP contribution in [0.2, 0.25) is 0 Å². The van der Waals surface area contributed by atoms with Crippen LogP contribution in [0.3, 0.4) is 0 Å². The van der Waals surface area contributed by atoms with Gasteiger partial charge in [-0.25, -0.2) is 0 Å². The van der Waals surface area contributed by atoms with Gasteiger partial charge < -0.3 is 34.0 Å². The van der Waals surface area contributed by atoms with Gasteiger partial charge in [-0.2, -0.15) is 0 Å². The van der Waals surface area contributed by atoms with Gasteiger partial charge in [0.05, 0.1) is 0 Å². The molecule has 0 spiro atoms. The van der Waals surface area contributed by atoms with Crippen LogP contribution in [0, 0.1) is 0 Å². The third-order valence-corrected chi connectivity index (χ3v) is 2.57. The van der Waals surface area contributed by atoms with Gasteiger partial charge in [0.25, 0.3) is 11.8 Å². The molecule has 0 atom stereocenters. The molecule has 0 aliphatic rings. The van der Waals surface area contributed by atoms with Crippen molar-refractivity contribution >= 4 is 11.8 Å². The Morgan fingerprint density at radius 3 is 1.23 bits per heavy atom. The van der Waals surface area contributed by atoms with Crippen molar-refractivity contribution in [2.45, 2.75) is 13.8 Å². The molecule has 118 valence electrons. The topological polar surface area (TPSA) is 66.0 Å². The zero-order valence-electron chi connectivity index (χ0n) is 12.1. The number of nitrogens with zero attached hydrogens (tertiary/aromatic N) is 2. The van der Waals surface area contributed by atoms with Crippen molar-refractivity contribution in [3.05, 3.63) is 49.1 Å². The molecule has 2 N–H and O–H groups in total. The van der Waals surface area contributed by atoms with Gasteiger partial charge in [-0.3, -0.25) is 9.59 Å². The molecule has 0 aromatic carbocycles. The fourth-order valence-corrected chi connectivity index (χ4v) is 1.75. The van der Waals surface area contributed by atoms with E-state index in [-0.39, 0.29) is 45.8 Å². The van der Waals surface area contributed by atoms with E-state index in [2.05, 4.69) is 10.9 Å². The van der Waals surface area contributed by atoms with Gasteiger partial charge in [0.2, 0.25) is 24.8 Å². The second-order valence-corrected chi connectivity index (χ2v) is 4.32. The minimum absolute atomic E-state index is 0. The van der Waals surface area contributed by atoms with Gasteiger partial charge in [-0.15, -0.1) is 10.9 Å². The molecule has 0 aliphatic carbocycles. The van der Waals surface area contributed by atoms with Crippen LogP contribution >= 0.6 is 0 Å². The Morgan fingerprint density at radius 1 is 0.727 bits per heavy atom. The van der Waals surface area contributed by atoms with E-state index in [1.165, 1.54) is 13.8 Å². The van der Waals surface area contributed by atoms with Crippen LogP contribution < -0.4 is 54.2 Å². The zero-order chi connectivity index (χ0) is 14.5. The average molecular weight is 432 g/mol. The van der Waals surface area contributed by atoms with E-state index in [0.29, 0.717) is 0 Å². The summed E-state index contributed by atoms with van der Waals surface area (Å²) in [5.74, 6) is -0.252. The summed E-state index contributed by atoms with van der Waals surface area (Å²) >= 11 is 0. The molecule has 2 heterocycles. The standard InChI is InChI=1S/C14H14N4O2.2BrH/c1-11(19)15-17-7-3-13(4-8-17)14-5-9-18(10-6-14)16-12(2)20;;/h3-10H,1-2H3;2*1H. The van der Waals surface area contributed by atoms with E-state index in [1.54, 1.807) is 34.1 Å². The highest BCUT2D eigenvalue weighted by molar-refractivity contribution is 5.79. The summed E-state index contributed by atoms with van der Waals surface area (Å²) in [6, 6.07) is 7.59. The van der Waals surface area contributed by atoms with E-state index < -0.39 is 0 Å². The monoisotopic (exact) mass is 430 g/mol. The summed E-state index contributed by atoms with van der Waals surface area (Å²) in [6.07, 6.45) is 7.08. The van der Waals surface area contributed by atoms with Gasteiger partial charge in [0.15, 0.2) is 0 Å². The molecular formula is C14H16Br2N4O2. The van der Waals surface area contributed by atoms with Crippen molar-refractivity contribution in [1.82, 2.24) is 0 Å². The molecule has 0 radical (unpaired) electrons. The molecule has 22 heavy (non-hydrogen) atoms. The van der Waals surface area contributed by atoms with Gasteiger partial charge in [0, 0.05) is 38.1 Å². The first-order valence-corrected chi connectivity index (χ1v) is 6.13. The molecule has 2 amide bonds. The van der Waals surface area contributed by atoms with E-state index in [0.717, 1.165) is 11.1 Å². The molecule has 2 rings (SSSR count). The van der Waals surface area contributed by atoms with E-state index in [1.807, 2.05) is 24.3 Å². The number of hydrogen-bond donors (Lipinski definition) is 2. The van der Waals surface area contributed by atoms with E-state index in [9.17, 15) is 9.59 Å². The highest BCUT2D eigenvalue weighted by Crippen LogP contribution is 2.15. The summed E-state index contributed by atoms with van der Waals surface area (Å²) in [7, 11) is 0. The maximum atomic E-state index is 10.9. The molecule has 8 heteroatoms. The third kappa shape index (κ3) is 5.90. The highest BCUT2D eigenvalue weighted by atomic mass is 79.9. The molecule has 0 saturated heterocycles. The number of carbonyl (C=O) groups is 2. The molecule has 0 fully saturated rings. The summed E-state index contributed by atoms with van der Waals surface area (Å²) < 4.78 is 3.18. The van der Waals surface area contributed by atoms with Crippen LogP contribution in [0.4, 0.5) is 0 Å². The molecule has 2 aromatic rings. The number of carbonyl (C=O) groups excluding carboxylic acids is 2. The normalized spacial score (nSPS) is 9.00. The maximum Gasteiger partial charge on any atom is 0.271 e. The fourth-order valence-electron chi connectivity index (χ4n) is 1.75. The fraction of sp³-hybridized carbons (Fsp3) is 0.143. The average Bonchev–Trinajstić information content (AvgIpc) is 2.39. The van der Waals surface area contributed by atoms with Crippen molar-refractivity contribution in [2.75, 3.05) is 10.9 Å². The van der Waals surface area contributed by atoms with E-state index in [4.69, 9.17) is 0 Å². The number of rotatable bonds is 3. The molecule has 2 aromatic heterocycles. The first-order valence-electron chi connectivity index (χ1n) is 6.13. The van der Waals surface area contributed by atoms with Crippen molar-refractivity contribution in [3.63, 3.8) is 0 Å². The molecule has 6 nitrogen and oxygen atoms in total. The number of aromatic nitrogens is 2. The van der Waals surface area contributed by atoms with Crippen LogP contribution in [0.25, 0.3) is 11.1 Å². The van der Waals surface area contributed by atoms with E-state index >= 15 is 0 Å². The zero-order valence-corrected chi connectivity index (χ0v) is 15.3. The van der Waals surface area contributed by atoms with Crippen LogP contribution in [0.1, 0.15) is 13.8 Å². The second kappa shape index (κ2) is 9.26. The Labute approximate surface area is 149 Å². The van der Waals surface area contributed by atoms with Gasteiger partial charge in [-0.05, 0) is 11.1 Å². The van der Waals surface area contributed by atoms with Crippen LogP contribution in [-0.4, -0.2) is 11.8 Å². The van der Waals surface area contributed by atoms with Gasteiger partial charge >= 0.3 is 0 Å². The first-order chi connectivity index (χ1) is 9.54. The number of hydrogen-bond acceptors (Lipinski definition) is 2. The number of amides is 2. The molecule has 0 bridgehead atoms. The predicted molar refractivity (Wildman–Crippen MR) is 72.4 cm³/mol. The molecule has 0 unspecified atom stereocenters. The molecule has 0 saturated carbocycles. The highest BCUT2D eigenvalue weighted by Gasteiger charge is 2.07. The number of nitrogens with one attached hydrogen (secondary N) is 2. The lowest BCUT2D eigenvalue weighted by molar-refractivity contribution is -0.642. The maximum absolute atomic E-state index is 10.9. The summed E-state index contributed by atoms with van der Waals surface area (Å²) in [5.41, 5.74) is 7.31. The lowest BCUT2D eigenvalue weighted by atomic mass is 10.1. The Bertz CT molecular complexity index is 573. The Hall–Kier alpha value is -1.80. The minimum atomic E-state index is -0.126.